The van der Waals surface area contributed by atoms with Crippen LogP contribution in [-0.4, -0.2) is 61.4 Å². The summed E-state index contributed by atoms with van der Waals surface area (Å²) in [6, 6.07) is 0. The van der Waals surface area contributed by atoms with Crippen LogP contribution in [0.5, 0.6) is 0 Å². The maximum Gasteiger partial charge on any atom is 0.233 e. The predicted molar refractivity (Wildman–Crippen MR) is 76.8 cm³/mol. The van der Waals surface area contributed by atoms with Gasteiger partial charge in [-0.3, -0.25) is 4.79 Å². The molecular weight excluding hydrogens is 262 g/mol. The molecule has 7 heteroatoms. The molecule has 0 heterocycles. The van der Waals surface area contributed by atoms with E-state index in [0.717, 1.165) is 0 Å². The van der Waals surface area contributed by atoms with Crippen molar-refractivity contribution in [2.45, 2.75) is 27.2 Å². The molecule has 0 aliphatic rings. The van der Waals surface area contributed by atoms with Crippen molar-refractivity contribution in [2.24, 2.45) is 16.8 Å². The van der Waals surface area contributed by atoms with Gasteiger partial charge in [-0.05, 0) is 20.3 Å². The largest absolute Gasteiger partial charge is 0.409 e. The lowest BCUT2D eigenvalue weighted by atomic mass is 10.0. The Morgan fingerprint density at radius 3 is 2.05 bits per heavy atom. The Kier molecular flexibility index (Phi) is 10.7. The molecule has 0 aliphatic heterocycles. The van der Waals surface area contributed by atoms with Crippen molar-refractivity contribution >= 4 is 11.7 Å². The zero-order valence-electron chi connectivity index (χ0n) is 12.7. The minimum atomic E-state index is -0.608. The van der Waals surface area contributed by atoms with E-state index in [9.17, 15) is 4.79 Å². The molecule has 7 nitrogen and oxygen atoms in total. The van der Waals surface area contributed by atoms with E-state index in [1.54, 1.807) is 4.90 Å². The minimum Gasteiger partial charge on any atom is -0.409 e. The number of amides is 1. The third-order valence-corrected chi connectivity index (χ3v) is 2.91. The molecule has 0 rings (SSSR count). The summed E-state index contributed by atoms with van der Waals surface area (Å²) in [4.78, 5) is 14.0. The average molecular weight is 289 g/mol. The number of ether oxygens (including phenoxy) is 2. The Labute approximate surface area is 120 Å². The first-order valence-corrected chi connectivity index (χ1v) is 7.03. The summed E-state index contributed by atoms with van der Waals surface area (Å²) >= 11 is 0. The first kappa shape index (κ1) is 18.7. The molecule has 118 valence electrons. The van der Waals surface area contributed by atoms with Crippen molar-refractivity contribution in [3.8, 4) is 0 Å². The molecule has 0 spiro atoms. The van der Waals surface area contributed by atoms with Crippen LogP contribution in [0.15, 0.2) is 5.16 Å². The van der Waals surface area contributed by atoms with E-state index in [0.29, 0.717) is 45.9 Å². The van der Waals surface area contributed by atoms with Gasteiger partial charge in [-0.25, -0.2) is 0 Å². The number of nitrogens with zero attached hydrogens (tertiary/aromatic N) is 2. The lowest BCUT2D eigenvalue weighted by Crippen LogP contribution is -2.44. The molecule has 1 amide bonds. The number of rotatable bonds is 11. The summed E-state index contributed by atoms with van der Waals surface area (Å²) in [6.45, 7) is 8.68. The molecule has 0 aromatic heterocycles. The number of hydrogen-bond donors (Lipinski definition) is 2. The van der Waals surface area contributed by atoms with Gasteiger partial charge < -0.3 is 25.3 Å². The SMILES string of the molecule is CCOCCN(CCOCC)C(=O)C(CC)C(N)=NO. The Balaban J connectivity index is 4.65. The molecule has 0 aromatic rings. The lowest BCUT2D eigenvalue weighted by Gasteiger charge is -2.26. The molecule has 0 fully saturated rings. The van der Waals surface area contributed by atoms with Crippen molar-refractivity contribution in [3.05, 3.63) is 0 Å². The van der Waals surface area contributed by atoms with Gasteiger partial charge in [0.2, 0.25) is 5.91 Å². The van der Waals surface area contributed by atoms with Crippen LogP contribution in [0.3, 0.4) is 0 Å². The highest BCUT2D eigenvalue weighted by Crippen LogP contribution is 2.08. The number of carbonyl (C=O) groups is 1. The van der Waals surface area contributed by atoms with Crippen LogP contribution in [0.4, 0.5) is 0 Å². The van der Waals surface area contributed by atoms with Gasteiger partial charge in [0.1, 0.15) is 0 Å². The van der Waals surface area contributed by atoms with Gasteiger partial charge in [-0.1, -0.05) is 12.1 Å². The Morgan fingerprint density at radius 1 is 1.20 bits per heavy atom. The quantitative estimate of drug-likeness (QED) is 0.191. The smallest absolute Gasteiger partial charge is 0.233 e. The molecule has 0 saturated heterocycles. The van der Waals surface area contributed by atoms with Gasteiger partial charge in [-0.2, -0.15) is 0 Å². The van der Waals surface area contributed by atoms with Crippen LogP contribution >= 0.6 is 0 Å². The highest BCUT2D eigenvalue weighted by Gasteiger charge is 2.26. The van der Waals surface area contributed by atoms with Crippen LogP contribution in [0.1, 0.15) is 27.2 Å². The lowest BCUT2D eigenvalue weighted by molar-refractivity contribution is -0.135. The third-order valence-electron chi connectivity index (χ3n) is 2.91. The molecular formula is C13H27N3O4. The second-order valence-electron chi connectivity index (χ2n) is 4.20. The molecule has 3 N–H and O–H groups in total. The molecule has 0 aliphatic carbocycles. The summed E-state index contributed by atoms with van der Waals surface area (Å²) < 4.78 is 10.6. The molecule has 1 unspecified atom stereocenters. The number of hydrogen-bond acceptors (Lipinski definition) is 5. The van der Waals surface area contributed by atoms with Crippen LogP contribution in [-0.2, 0) is 14.3 Å². The Bertz CT molecular complexity index is 287. The van der Waals surface area contributed by atoms with E-state index in [2.05, 4.69) is 5.16 Å². The number of nitrogens with two attached hydrogens (primary N) is 1. The molecule has 0 radical (unpaired) electrons. The first-order chi connectivity index (χ1) is 9.62. The number of carbonyl (C=O) groups excluding carboxylic acids is 1. The maximum atomic E-state index is 12.4. The summed E-state index contributed by atoms with van der Waals surface area (Å²) in [5, 5.41) is 11.7. The fourth-order valence-electron chi connectivity index (χ4n) is 1.77. The van der Waals surface area contributed by atoms with Crippen molar-refractivity contribution in [3.63, 3.8) is 0 Å². The average Bonchev–Trinajstić information content (AvgIpc) is 2.46. The Morgan fingerprint density at radius 2 is 1.70 bits per heavy atom. The van der Waals surface area contributed by atoms with Crippen molar-refractivity contribution < 1.29 is 19.5 Å². The zero-order chi connectivity index (χ0) is 15.4. The summed E-state index contributed by atoms with van der Waals surface area (Å²) in [5.74, 6) is -0.833. The van der Waals surface area contributed by atoms with Crippen molar-refractivity contribution in [2.75, 3.05) is 39.5 Å². The van der Waals surface area contributed by atoms with Crippen LogP contribution in [0.25, 0.3) is 0 Å². The van der Waals surface area contributed by atoms with Crippen LogP contribution < -0.4 is 5.73 Å². The van der Waals surface area contributed by atoms with E-state index in [4.69, 9.17) is 20.4 Å². The standard InChI is InChI=1S/C13H27N3O4/c1-4-11(12(14)15-18)13(17)16(7-9-19-5-2)8-10-20-6-3/h11,18H,4-10H2,1-3H3,(H2,14,15). The van der Waals surface area contributed by atoms with E-state index in [1.807, 2.05) is 20.8 Å². The van der Waals surface area contributed by atoms with Crippen LogP contribution in [0.2, 0.25) is 0 Å². The summed E-state index contributed by atoms with van der Waals surface area (Å²) in [5.41, 5.74) is 5.57. The van der Waals surface area contributed by atoms with Crippen molar-refractivity contribution in [1.29, 1.82) is 0 Å². The number of oxime groups is 1. The van der Waals surface area contributed by atoms with E-state index >= 15 is 0 Å². The summed E-state index contributed by atoms with van der Waals surface area (Å²) in [6.07, 6.45) is 0.481. The summed E-state index contributed by atoms with van der Waals surface area (Å²) in [7, 11) is 0. The second kappa shape index (κ2) is 11.5. The van der Waals surface area contributed by atoms with E-state index < -0.39 is 5.92 Å². The fourth-order valence-corrected chi connectivity index (χ4v) is 1.77. The second-order valence-corrected chi connectivity index (χ2v) is 4.20. The van der Waals surface area contributed by atoms with Gasteiger partial charge in [-0.15, -0.1) is 0 Å². The Hall–Kier alpha value is -1.34. The molecule has 0 bridgehead atoms. The normalized spacial score (nSPS) is 13.2. The molecule has 0 aromatic carbocycles. The highest BCUT2D eigenvalue weighted by atomic mass is 16.5. The van der Waals surface area contributed by atoms with E-state index in [-0.39, 0.29) is 11.7 Å². The molecule has 20 heavy (non-hydrogen) atoms. The van der Waals surface area contributed by atoms with Crippen LogP contribution in [0, 0.1) is 5.92 Å². The van der Waals surface area contributed by atoms with Gasteiger partial charge in [0.25, 0.3) is 0 Å². The third kappa shape index (κ3) is 6.72. The minimum absolute atomic E-state index is 0.0599. The monoisotopic (exact) mass is 289 g/mol. The first-order valence-electron chi connectivity index (χ1n) is 7.03. The molecule has 1 atom stereocenters. The zero-order valence-corrected chi connectivity index (χ0v) is 12.7. The fraction of sp³-hybridized carbons (Fsp3) is 0.846. The van der Waals surface area contributed by atoms with E-state index in [1.165, 1.54) is 0 Å². The topological polar surface area (TPSA) is 97.4 Å². The van der Waals surface area contributed by atoms with Gasteiger partial charge in [0.05, 0.1) is 19.1 Å². The van der Waals surface area contributed by atoms with Gasteiger partial charge in [0.15, 0.2) is 5.84 Å². The highest BCUT2D eigenvalue weighted by molar-refractivity contribution is 6.02. The maximum absolute atomic E-state index is 12.4. The van der Waals surface area contributed by atoms with Crippen molar-refractivity contribution in [1.82, 2.24) is 4.90 Å². The number of amidine groups is 1. The predicted octanol–water partition coefficient (Wildman–Crippen LogP) is 0.661. The van der Waals surface area contributed by atoms with Gasteiger partial charge in [0, 0.05) is 26.3 Å². The molecule has 0 saturated carbocycles. The van der Waals surface area contributed by atoms with Gasteiger partial charge >= 0.3 is 0 Å².